The molecule has 0 saturated heterocycles. The number of carbonyl (C=O) groups excluding carboxylic acids is 2. The molecule has 0 atom stereocenters. The predicted octanol–water partition coefficient (Wildman–Crippen LogP) is 3.51. The highest BCUT2D eigenvalue weighted by atomic mass is 19.1. The quantitative estimate of drug-likeness (QED) is 0.431. The van der Waals surface area contributed by atoms with Crippen molar-refractivity contribution in [1.29, 1.82) is 0 Å². The molecule has 0 aliphatic heterocycles. The van der Waals surface area contributed by atoms with Crippen LogP contribution in [0.4, 0.5) is 4.39 Å². The number of esters is 1. The van der Waals surface area contributed by atoms with Gasteiger partial charge >= 0.3 is 5.97 Å². The van der Waals surface area contributed by atoms with Gasteiger partial charge in [0.05, 0.1) is 18.5 Å². The Morgan fingerprint density at radius 1 is 1.12 bits per heavy atom. The molecule has 166 valence electrons. The van der Waals surface area contributed by atoms with Crippen LogP contribution in [0.15, 0.2) is 54.6 Å². The molecular weight excluding hydrogens is 413 g/mol. The van der Waals surface area contributed by atoms with Crippen LogP contribution in [0.1, 0.15) is 22.5 Å². The first kappa shape index (κ1) is 22.7. The van der Waals surface area contributed by atoms with Crippen molar-refractivity contribution in [3.63, 3.8) is 0 Å². The van der Waals surface area contributed by atoms with Crippen LogP contribution in [0, 0.1) is 19.7 Å². The van der Waals surface area contributed by atoms with E-state index >= 15 is 0 Å². The lowest BCUT2D eigenvalue weighted by atomic mass is 10.2. The molecule has 0 aliphatic carbocycles. The van der Waals surface area contributed by atoms with Gasteiger partial charge in [0, 0.05) is 29.4 Å². The number of nitrogens with zero attached hydrogens (tertiary/aromatic N) is 2. The minimum Gasteiger partial charge on any atom is -0.496 e. The summed E-state index contributed by atoms with van der Waals surface area (Å²) in [5.74, 6) is -0.732. The molecule has 0 saturated carbocycles. The second-order valence-electron chi connectivity index (χ2n) is 7.00. The summed E-state index contributed by atoms with van der Waals surface area (Å²) in [7, 11) is 1.56. The molecule has 32 heavy (non-hydrogen) atoms. The highest BCUT2D eigenvalue weighted by Gasteiger charge is 2.12. The molecular formula is C24H24FN3O4. The molecule has 1 aromatic heterocycles. The number of aromatic nitrogens is 2. The maximum Gasteiger partial charge on any atom is 0.331 e. The summed E-state index contributed by atoms with van der Waals surface area (Å²) in [5, 5.41) is 7.13. The first-order chi connectivity index (χ1) is 15.4. The van der Waals surface area contributed by atoms with Crippen molar-refractivity contribution in [2.45, 2.75) is 20.4 Å². The molecule has 0 unspecified atom stereocenters. The number of amides is 1. The molecule has 0 radical (unpaired) electrons. The average Bonchev–Trinajstić information content (AvgIpc) is 3.08. The van der Waals surface area contributed by atoms with E-state index in [1.165, 1.54) is 18.2 Å². The van der Waals surface area contributed by atoms with Crippen LogP contribution in [0.3, 0.4) is 0 Å². The minimum absolute atomic E-state index is 0.261. The maximum absolute atomic E-state index is 13.2. The van der Waals surface area contributed by atoms with Crippen LogP contribution in [0.5, 0.6) is 5.75 Å². The number of nitrogens with one attached hydrogen (secondary N) is 1. The van der Waals surface area contributed by atoms with Gasteiger partial charge in [0.2, 0.25) is 0 Å². The highest BCUT2D eigenvalue weighted by Crippen LogP contribution is 2.20. The Bertz CT molecular complexity index is 1140. The van der Waals surface area contributed by atoms with Gasteiger partial charge in [-0.25, -0.2) is 13.9 Å². The molecule has 0 fully saturated rings. The summed E-state index contributed by atoms with van der Waals surface area (Å²) in [6, 6.07) is 13.3. The monoisotopic (exact) mass is 437 g/mol. The zero-order valence-electron chi connectivity index (χ0n) is 18.1. The van der Waals surface area contributed by atoms with E-state index < -0.39 is 18.5 Å². The summed E-state index contributed by atoms with van der Waals surface area (Å²) in [5.41, 5.74) is 3.75. The zero-order chi connectivity index (χ0) is 23.1. The minimum atomic E-state index is -0.647. The third-order valence-corrected chi connectivity index (χ3v) is 4.82. The van der Waals surface area contributed by atoms with Crippen molar-refractivity contribution in [3.05, 3.63) is 82.9 Å². The molecule has 1 heterocycles. The number of methoxy groups -OCH3 is 1. The maximum atomic E-state index is 13.2. The fourth-order valence-corrected chi connectivity index (χ4v) is 3.16. The predicted molar refractivity (Wildman–Crippen MR) is 118 cm³/mol. The van der Waals surface area contributed by atoms with Gasteiger partial charge in [-0.3, -0.25) is 4.79 Å². The van der Waals surface area contributed by atoms with Gasteiger partial charge < -0.3 is 14.8 Å². The Hall–Kier alpha value is -3.94. The fraction of sp³-hybridized carbons (Fsp3) is 0.208. The second kappa shape index (κ2) is 10.4. The van der Waals surface area contributed by atoms with Crippen molar-refractivity contribution >= 4 is 18.0 Å². The number of ether oxygens (including phenoxy) is 2. The van der Waals surface area contributed by atoms with Crippen molar-refractivity contribution < 1.29 is 23.5 Å². The van der Waals surface area contributed by atoms with Gasteiger partial charge in [0.15, 0.2) is 6.61 Å². The molecule has 3 rings (SSSR count). The van der Waals surface area contributed by atoms with E-state index in [0.29, 0.717) is 17.1 Å². The largest absolute Gasteiger partial charge is 0.496 e. The molecule has 0 bridgehead atoms. The first-order valence-electron chi connectivity index (χ1n) is 9.94. The van der Waals surface area contributed by atoms with E-state index in [0.717, 1.165) is 16.8 Å². The van der Waals surface area contributed by atoms with E-state index in [1.807, 2.05) is 32.0 Å². The standard InChI is InChI=1S/C24H24FN3O4/c1-16-21(17(2)28(27-16)20-10-8-19(25)9-11-20)12-13-24(30)32-15-23(29)26-14-18-6-4-5-7-22(18)31-3/h4-13H,14-15H2,1-3H3,(H,26,29)/b13-12+. The van der Waals surface area contributed by atoms with Gasteiger partial charge in [-0.15, -0.1) is 0 Å². The number of carbonyl (C=O) groups is 2. The van der Waals surface area contributed by atoms with Gasteiger partial charge in [-0.1, -0.05) is 18.2 Å². The number of rotatable bonds is 8. The lowest BCUT2D eigenvalue weighted by Crippen LogP contribution is -2.28. The van der Waals surface area contributed by atoms with E-state index in [2.05, 4.69) is 10.4 Å². The smallest absolute Gasteiger partial charge is 0.331 e. The summed E-state index contributed by atoms with van der Waals surface area (Å²) in [6.07, 6.45) is 2.84. The van der Waals surface area contributed by atoms with Gasteiger partial charge in [0.25, 0.3) is 5.91 Å². The van der Waals surface area contributed by atoms with Crippen LogP contribution in [-0.4, -0.2) is 35.4 Å². The van der Waals surface area contributed by atoms with E-state index in [9.17, 15) is 14.0 Å². The number of halogens is 1. The van der Waals surface area contributed by atoms with E-state index in [1.54, 1.807) is 36.1 Å². The summed E-state index contributed by atoms with van der Waals surface area (Å²) >= 11 is 0. The van der Waals surface area contributed by atoms with Gasteiger partial charge in [0.1, 0.15) is 11.6 Å². The molecule has 2 aromatic carbocycles. The normalized spacial score (nSPS) is 10.9. The van der Waals surface area contributed by atoms with Gasteiger partial charge in [-0.2, -0.15) is 5.10 Å². The molecule has 1 N–H and O–H groups in total. The van der Waals surface area contributed by atoms with Crippen LogP contribution >= 0.6 is 0 Å². The lowest BCUT2D eigenvalue weighted by Gasteiger charge is -2.09. The van der Waals surface area contributed by atoms with Crippen molar-refractivity contribution in [1.82, 2.24) is 15.1 Å². The number of para-hydroxylation sites is 1. The van der Waals surface area contributed by atoms with Crippen LogP contribution in [0.25, 0.3) is 11.8 Å². The SMILES string of the molecule is COc1ccccc1CNC(=O)COC(=O)/C=C/c1c(C)nn(-c2ccc(F)cc2)c1C. The molecule has 8 heteroatoms. The highest BCUT2D eigenvalue weighted by molar-refractivity contribution is 5.89. The third kappa shape index (κ3) is 5.60. The lowest BCUT2D eigenvalue weighted by molar-refractivity contribution is -0.143. The molecule has 1 amide bonds. The number of hydrogen-bond acceptors (Lipinski definition) is 5. The average molecular weight is 437 g/mol. The molecule has 0 spiro atoms. The van der Waals surface area contributed by atoms with Crippen molar-refractivity contribution in [3.8, 4) is 11.4 Å². The van der Waals surface area contributed by atoms with Crippen molar-refractivity contribution in [2.24, 2.45) is 0 Å². The second-order valence-corrected chi connectivity index (χ2v) is 7.00. The topological polar surface area (TPSA) is 82.4 Å². The Morgan fingerprint density at radius 3 is 2.56 bits per heavy atom. The fourth-order valence-electron chi connectivity index (χ4n) is 3.16. The first-order valence-corrected chi connectivity index (χ1v) is 9.94. The Balaban J connectivity index is 1.55. The van der Waals surface area contributed by atoms with Gasteiger partial charge in [-0.05, 0) is 50.3 Å². The third-order valence-electron chi connectivity index (χ3n) is 4.82. The summed E-state index contributed by atoms with van der Waals surface area (Å²) in [6.45, 7) is 3.52. The molecule has 7 nitrogen and oxygen atoms in total. The van der Waals surface area contributed by atoms with E-state index in [-0.39, 0.29) is 12.4 Å². The van der Waals surface area contributed by atoms with Crippen LogP contribution < -0.4 is 10.1 Å². The Kier molecular flexibility index (Phi) is 7.38. The molecule has 0 aliphatic rings. The summed E-state index contributed by atoms with van der Waals surface area (Å²) in [4.78, 5) is 24.0. The van der Waals surface area contributed by atoms with Crippen LogP contribution in [0.2, 0.25) is 0 Å². The number of hydrogen-bond donors (Lipinski definition) is 1. The molecule has 3 aromatic rings. The van der Waals surface area contributed by atoms with E-state index in [4.69, 9.17) is 9.47 Å². The zero-order valence-corrected chi connectivity index (χ0v) is 18.1. The number of aryl methyl sites for hydroxylation is 1. The van der Waals surface area contributed by atoms with Crippen molar-refractivity contribution in [2.75, 3.05) is 13.7 Å². The Morgan fingerprint density at radius 2 is 1.84 bits per heavy atom. The number of benzene rings is 2. The Labute approximate surface area is 185 Å². The summed E-state index contributed by atoms with van der Waals surface area (Å²) < 4.78 is 25.1. The van der Waals surface area contributed by atoms with Crippen LogP contribution in [-0.2, 0) is 20.9 Å².